The summed E-state index contributed by atoms with van der Waals surface area (Å²) in [6.07, 6.45) is 1.89. The molecule has 140 valence electrons. The van der Waals surface area contributed by atoms with Crippen molar-refractivity contribution >= 4 is 30.5 Å². The predicted molar refractivity (Wildman–Crippen MR) is 91.9 cm³/mol. The van der Waals surface area contributed by atoms with Crippen molar-refractivity contribution in [1.29, 1.82) is 0 Å². The van der Waals surface area contributed by atoms with Gasteiger partial charge in [-0.1, -0.05) is 0 Å². The van der Waals surface area contributed by atoms with E-state index in [4.69, 9.17) is 30.1 Å². The maximum Gasteiger partial charge on any atom is 0.356 e. The second-order valence-corrected chi connectivity index (χ2v) is 6.88. The summed E-state index contributed by atoms with van der Waals surface area (Å²) in [6, 6.07) is 0. The maximum atomic E-state index is 12.2. The molecular formula is C13H23N6O5P. The van der Waals surface area contributed by atoms with Crippen LogP contribution in [0.4, 0.5) is 11.8 Å². The lowest BCUT2D eigenvalue weighted by molar-refractivity contribution is 0.0802. The van der Waals surface area contributed by atoms with E-state index in [-0.39, 0.29) is 18.1 Å². The topological polar surface area (TPSA) is 150 Å². The Bertz CT molecular complexity index is 729. The van der Waals surface area contributed by atoms with Crippen molar-refractivity contribution in [2.75, 3.05) is 44.2 Å². The molecule has 0 aliphatic heterocycles. The lowest BCUT2D eigenvalue weighted by Crippen LogP contribution is -2.15. The lowest BCUT2D eigenvalue weighted by atomic mass is 10.5. The highest BCUT2D eigenvalue weighted by Gasteiger charge is 2.23. The van der Waals surface area contributed by atoms with Crippen LogP contribution in [0, 0.1) is 0 Å². The van der Waals surface area contributed by atoms with Crippen molar-refractivity contribution in [2.24, 2.45) is 0 Å². The fourth-order valence-corrected chi connectivity index (χ4v) is 3.38. The Morgan fingerprint density at radius 2 is 1.88 bits per heavy atom. The predicted octanol–water partition coefficient (Wildman–Crippen LogP) is 1.05. The average Bonchev–Trinajstić information content (AvgIpc) is 2.94. The smallest absolute Gasteiger partial charge is 0.356 e. The molecule has 0 bridgehead atoms. The van der Waals surface area contributed by atoms with Crippen LogP contribution < -0.4 is 16.3 Å². The molecule has 0 aliphatic carbocycles. The van der Waals surface area contributed by atoms with Gasteiger partial charge in [-0.25, -0.2) is 4.98 Å². The molecular weight excluding hydrogens is 351 g/mol. The standard InChI is InChI=1S/C13H23N6O5P/c1-3-23-25(20,24-4-2)9-21-6-5-7-22-19-8-16-10-11(14)17-13(15)18-12(10)19/h8H,3-7,9H2,1-2H3,(H4,14,15,17,18). The van der Waals surface area contributed by atoms with Gasteiger partial charge in [0, 0.05) is 6.42 Å². The van der Waals surface area contributed by atoms with Crippen molar-refractivity contribution in [2.45, 2.75) is 20.3 Å². The summed E-state index contributed by atoms with van der Waals surface area (Å²) in [7, 11) is -3.18. The van der Waals surface area contributed by atoms with Gasteiger partial charge in [0.25, 0.3) is 0 Å². The number of hydrogen-bond acceptors (Lipinski definition) is 10. The SMILES string of the molecule is CCOP(=O)(COCCCOn1cnc2c(N)nc(N)nc21)OCC. The monoisotopic (exact) mass is 374 g/mol. The quantitative estimate of drug-likeness (QED) is 0.431. The Labute approximate surface area is 145 Å². The molecule has 11 nitrogen and oxygen atoms in total. The number of anilines is 2. The minimum absolute atomic E-state index is 0.0429. The molecule has 0 saturated heterocycles. The number of aromatic nitrogens is 4. The molecule has 0 fully saturated rings. The van der Waals surface area contributed by atoms with Gasteiger partial charge in [-0.3, -0.25) is 4.57 Å². The van der Waals surface area contributed by atoms with Crippen LogP contribution >= 0.6 is 7.60 Å². The van der Waals surface area contributed by atoms with E-state index in [9.17, 15) is 4.57 Å². The van der Waals surface area contributed by atoms with Crippen molar-refractivity contribution < 1.29 is 23.2 Å². The number of hydrogen-bond donors (Lipinski definition) is 2. The fourth-order valence-electron chi connectivity index (χ4n) is 2.02. The first kappa shape index (κ1) is 19.4. The van der Waals surface area contributed by atoms with E-state index in [1.807, 2.05) is 0 Å². The van der Waals surface area contributed by atoms with Gasteiger partial charge < -0.3 is 30.1 Å². The number of fused-ring (bicyclic) bond motifs is 1. The number of nitrogens with two attached hydrogens (primary N) is 2. The van der Waals surface area contributed by atoms with Crippen LogP contribution in [0.15, 0.2) is 6.33 Å². The van der Waals surface area contributed by atoms with Crippen LogP contribution in [0.25, 0.3) is 11.2 Å². The molecule has 2 heterocycles. The Morgan fingerprint density at radius 1 is 1.16 bits per heavy atom. The molecule has 2 aromatic rings. The van der Waals surface area contributed by atoms with E-state index < -0.39 is 7.60 Å². The van der Waals surface area contributed by atoms with Crippen LogP contribution in [0.1, 0.15) is 20.3 Å². The van der Waals surface area contributed by atoms with E-state index in [1.165, 1.54) is 11.1 Å². The minimum Gasteiger partial charge on any atom is -0.411 e. The van der Waals surface area contributed by atoms with Gasteiger partial charge in [-0.15, -0.1) is 0 Å². The maximum absolute atomic E-state index is 12.2. The molecule has 0 spiro atoms. The van der Waals surface area contributed by atoms with Crippen LogP contribution in [0.5, 0.6) is 0 Å². The number of ether oxygens (including phenoxy) is 1. The first-order valence-corrected chi connectivity index (χ1v) is 9.57. The second-order valence-electron chi connectivity index (χ2n) is 4.88. The molecule has 0 unspecified atom stereocenters. The molecule has 4 N–H and O–H groups in total. The average molecular weight is 374 g/mol. The lowest BCUT2D eigenvalue weighted by Gasteiger charge is -2.16. The van der Waals surface area contributed by atoms with Crippen molar-refractivity contribution in [3.05, 3.63) is 6.33 Å². The molecule has 2 rings (SSSR count). The summed E-state index contributed by atoms with van der Waals surface area (Å²) in [5.74, 6) is 0.233. The highest BCUT2D eigenvalue weighted by atomic mass is 31.2. The van der Waals surface area contributed by atoms with Crippen molar-refractivity contribution in [3.63, 3.8) is 0 Å². The third kappa shape index (κ3) is 5.27. The van der Waals surface area contributed by atoms with Crippen molar-refractivity contribution in [3.8, 4) is 0 Å². The largest absolute Gasteiger partial charge is 0.411 e. The summed E-state index contributed by atoms with van der Waals surface area (Å²) < 4.78 is 29.2. The van der Waals surface area contributed by atoms with Crippen LogP contribution in [-0.4, -0.2) is 52.5 Å². The van der Waals surface area contributed by atoms with E-state index in [2.05, 4.69) is 15.0 Å². The summed E-state index contributed by atoms with van der Waals surface area (Å²) in [6.45, 7) is 4.74. The summed E-state index contributed by atoms with van der Waals surface area (Å²) in [5.41, 5.74) is 12.1. The first-order valence-electron chi connectivity index (χ1n) is 7.84. The van der Waals surface area contributed by atoms with Gasteiger partial charge in [0.2, 0.25) is 11.6 Å². The third-order valence-electron chi connectivity index (χ3n) is 2.97. The van der Waals surface area contributed by atoms with Crippen molar-refractivity contribution in [1.82, 2.24) is 19.7 Å². The van der Waals surface area contributed by atoms with Crippen LogP contribution in [0.2, 0.25) is 0 Å². The Morgan fingerprint density at radius 3 is 2.56 bits per heavy atom. The molecule has 0 atom stereocenters. The first-order chi connectivity index (χ1) is 12.0. The Hall–Kier alpha value is -1.94. The van der Waals surface area contributed by atoms with E-state index in [1.54, 1.807) is 13.8 Å². The van der Waals surface area contributed by atoms with E-state index in [0.717, 1.165) is 0 Å². The Balaban J connectivity index is 1.77. The zero-order valence-electron chi connectivity index (χ0n) is 14.3. The highest BCUT2D eigenvalue weighted by Crippen LogP contribution is 2.47. The van der Waals surface area contributed by atoms with Gasteiger partial charge >= 0.3 is 7.60 Å². The number of nitrogen functional groups attached to an aromatic ring is 2. The molecule has 0 aliphatic rings. The van der Waals surface area contributed by atoms with Crippen LogP contribution in [-0.2, 0) is 18.3 Å². The zero-order valence-corrected chi connectivity index (χ0v) is 15.1. The van der Waals surface area contributed by atoms with Gasteiger partial charge in [0.1, 0.15) is 19.3 Å². The molecule has 12 heteroatoms. The highest BCUT2D eigenvalue weighted by molar-refractivity contribution is 7.53. The molecule has 2 aromatic heterocycles. The summed E-state index contributed by atoms with van der Waals surface area (Å²) >= 11 is 0. The molecule has 25 heavy (non-hydrogen) atoms. The minimum atomic E-state index is -3.18. The molecule has 0 amide bonds. The third-order valence-corrected chi connectivity index (χ3v) is 4.78. The number of rotatable bonds is 11. The second kappa shape index (κ2) is 8.95. The molecule has 0 saturated carbocycles. The van der Waals surface area contributed by atoms with E-state index >= 15 is 0 Å². The Kier molecular flexibility index (Phi) is 6.94. The normalized spacial score (nSPS) is 11.9. The van der Waals surface area contributed by atoms with Gasteiger partial charge in [0.15, 0.2) is 11.3 Å². The molecule has 0 aromatic carbocycles. The fraction of sp³-hybridized carbons (Fsp3) is 0.615. The van der Waals surface area contributed by atoms with Gasteiger partial charge in [-0.2, -0.15) is 14.7 Å². The molecule has 0 radical (unpaired) electrons. The van der Waals surface area contributed by atoms with Gasteiger partial charge in [-0.05, 0) is 13.8 Å². The summed E-state index contributed by atoms with van der Waals surface area (Å²) in [4.78, 5) is 17.5. The summed E-state index contributed by atoms with van der Waals surface area (Å²) in [5, 5.41) is 0. The van der Waals surface area contributed by atoms with Gasteiger partial charge in [0.05, 0.1) is 19.8 Å². The van der Waals surface area contributed by atoms with E-state index in [0.29, 0.717) is 44.0 Å². The zero-order chi connectivity index (χ0) is 18.3. The van der Waals surface area contributed by atoms with Crippen LogP contribution in [0.3, 0.4) is 0 Å². The number of nitrogens with zero attached hydrogens (tertiary/aromatic N) is 4. The number of imidazole rings is 1.